The van der Waals surface area contributed by atoms with Crippen LogP contribution in [0, 0.1) is 0 Å². The molecule has 0 spiro atoms. The van der Waals surface area contributed by atoms with Crippen molar-refractivity contribution in [3.8, 4) is 0 Å². The average molecular weight is 144 g/mol. The van der Waals surface area contributed by atoms with Crippen LogP contribution in [0.5, 0.6) is 0 Å². The summed E-state index contributed by atoms with van der Waals surface area (Å²) < 4.78 is 0. The van der Waals surface area contributed by atoms with Gasteiger partial charge in [0.2, 0.25) is 5.11 Å². The Kier molecular flexibility index (Phi) is 1.75. The molecule has 1 heterocycles. The van der Waals surface area contributed by atoms with Crippen molar-refractivity contribution in [1.82, 2.24) is 0 Å². The van der Waals surface area contributed by atoms with Gasteiger partial charge in [-0.3, -0.25) is 0 Å². The van der Waals surface area contributed by atoms with Crippen LogP contribution in [0.25, 0.3) is 0 Å². The van der Waals surface area contributed by atoms with Crippen LogP contribution in [0.1, 0.15) is 0 Å². The molecule has 0 aliphatic carbocycles. The maximum Gasteiger partial charge on any atom is 0.393 e. The number of nitrogens with two attached hydrogens (primary N) is 1. The van der Waals surface area contributed by atoms with Gasteiger partial charge in [-0.2, -0.15) is 0 Å². The Balaban J connectivity index is 3.01. The van der Waals surface area contributed by atoms with Crippen LogP contribution in [0.3, 0.4) is 0 Å². The monoisotopic (exact) mass is 143 g/mol. The molecular weight excluding hydrogens is 138 g/mol. The fourth-order valence-corrected chi connectivity index (χ4v) is 0.596. The van der Waals surface area contributed by atoms with Gasteiger partial charge in [0.1, 0.15) is 6.20 Å². The number of halogens is 1. The number of aromatic amines is 1. The zero-order valence-corrected chi connectivity index (χ0v) is 5.39. The highest BCUT2D eigenvalue weighted by Gasteiger charge is 1.99. The lowest BCUT2D eigenvalue weighted by atomic mass is 10.5. The van der Waals surface area contributed by atoms with Crippen molar-refractivity contribution < 1.29 is 10.5 Å². The first kappa shape index (κ1) is 6.16. The second-order valence-electron chi connectivity index (χ2n) is 1.52. The molecule has 9 heavy (non-hydrogen) atoms. The van der Waals surface area contributed by atoms with Gasteiger partial charge in [-0.15, -0.1) is 0 Å². The first-order chi connectivity index (χ1) is 4.33. The van der Waals surface area contributed by atoms with E-state index in [1.807, 2.05) is 0 Å². The lowest BCUT2D eigenvalue weighted by molar-refractivity contribution is -0.376. The summed E-state index contributed by atoms with van der Waals surface area (Å²) in [4.78, 5) is 2.76. The molecule has 0 fully saturated rings. The molecule has 0 amide bonds. The highest BCUT2D eigenvalue weighted by atomic mass is 35.5. The van der Waals surface area contributed by atoms with Crippen molar-refractivity contribution in [2.75, 3.05) is 0 Å². The molecule has 1 aromatic rings. The lowest BCUT2D eigenvalue weighted by Gasteiger charge is -1.79. The molecule has 0 atom stereocenters. The van der Waals surface area contributed by atoms with E-state index in [-0.39, 0.29) is 0 Å². The summed E-state index contributed by atoms with van der Waals surface area (Å²) >= 11 is 5.55. The third-order valence-corrected chi connectivity index (χ3v) is 1.13. The Bertz CT molecular complexity index is 206. The van der Waals surface area contributed by atoms with E-state index in [2.05, 4.69) is 10.1 Å². The van der Waals surface area contributed by atoms with Gasteiger partial charge in [0.25, 0.3) is 0 Å². The molecule has 4 heteroatoms. The maximum atomic E-state index is 5.55. The van der Waals surface area contributed by atoms with Crippen LogP contribution in [0.4, 0.5) is 5.82 Å². The number of hydrogen-bond acceptors (Lipinski definition) is 1. The molecule has 3 N–H and O–H groups in total. The average Bonchev–Trinajstić information content (AvgIpc) is 1.90. The number of H-pyrrole nitrogens is 1. The highest BCUT2D eigenvalue weighted by Crippen LogP contribution is 2.06. The van der Waals surface area contributed by atoms with E-state index < -0.39 is 0 Å². The molecule has 0 radical (unpaired) electrons. The molecule has 0 saturated carbocycles. The van der Waals surface area contributed by atoms with Gasteiger partial charge in [-0.05, 0) is 6.07 Å². The fourth-order valence-electron chi connectivity index (χ4n) is 0.478. The Morgan fingerprint density at radius 1 is 1.56 bits per heavy atom. The van der Waals surface area contributed by atoms with Gasteiger partial charge in [0.05, 0.1) is 5.02 Å². The third-order valence-electron chi connectivity index (χ3n) is 0.897. The molecule has 0 aliphatic rings. The van der Waals surface area contributed by atoms with Crippen molar-refractivity contribution in [3.63, 3.8) is 0 Å². The second-order valence-corrected chi connectivity index (χ2v) is 1.96. The summed E-state index contributed by atoms with van der Waals surface area (Å²) in [5, 5.41) is 4.04. The van der Waals surface area contributed by atoms with Gasteiger partial charge in [0, 0.05) is 6.07 Å². The summed E-state index contributed by atoms with van der Waals surface area (Å²) in [6.45, 7) is 0. The summed E-state index contributed by atoms with van der Waals surface area (Å²) in [7, 11) is 0. The Labute approximate surface area is 57.2 Å². The number of nitrogens with one attached hydrogen (secondary N) is 1. The smallest absolute Gasteiger partial charge is 0.237 e. The van der Waals surface area contributed by atoms with E-state index in [1.54, 1.807) is 18.3 Å². The first-order valence-electron chi connectivity index (χ1n) is 2.41. The largest absolute Gasteiger partial charge is 0.393 e. The van der Waals surface area contributed by atoms with Crippen LogP contribution in [-0.2, 0) is 0 Å². The van der Waals surface area contributed by atoms with Crippen molar-refractivity contribution in [2.45, 2.75) is 0 Å². The topological polar surface area (TPSA) is 52.1 Å². The Morgan fingerprint density at radius 2 is 2.33 bits per heavy atom. The van der Waals surface area contributed by atoms with Crippen molar-refractivity contribution in [1.29, 1.82) is 0 Å². The van der Waals surface area contributed by atoms with E-state index >= 15 is 0 Å². The number of rotatable bonds is 1. The maximum absolute atomic E-state index is 5.55. The normalized spacial score (nSPS) is 9.00. The molecule has 0 aromatic carbocycles. The van der Waals surface area contributed by atoms with Gasteiger partial charge in [-0.1, -0.05) is 17.1 Å². The van der Waals surface area contributed by atoms with Crippen molar-refractivity contribution in [3.05, 3.63) is 23.4 Å². The summed E-state index contributed by atoms with van der Waals surface area (Å²) in [6, 6.07) is 3.41. The molecule has 3 nitrogen and oxygen atoms in total. The third kappa shape index (κ3) is 1.47. The summed E-state index contributed by atoms with van der Waals surface area (Å²) in [5.74, 6) is 0.611. The van der Waals surface area contributed by atoms with Crippen molar-refractivity contribution >= 4 is 17.4 Å². The minimum Gasteiger partial charge on any atom is -0.237 e. The number of nitrogens with zero attached hydrogens (tertiary/aromatic N) is 1. The quantitative estimate of drug-likeness (QED) is 0.538. The van der Waals surface area contributed by atoms with E-state index in [0.717, 1.165) is 0 Å². The molecule has 0 saturated heterocycles. The van der Waals surface area contributed by atoms with Crippen LogP contribution in [0.15, 0.2) is 23.4 Å². The lowest BCUT2D eigenvalue weighted by Crippen LogP contribution is -2.24. The van der Waals surface area contributed by atoms with Gasteiger partial charge < -0.3 is 0 Å². The molecule has 1 rings (SSSR count). The molecular formula is C5H6ClN3+2. The summed E-state index contributed by atoms with van der Waals surface area (Å²) in [5.41, 5.74) is 4.95. The zero-order chi connectivity index (χ0) is 6.69. The summed E-state index contributed by atoms with van der Waals surface area (Å²) in [6.07, 6.45) is 1.62. The van der Waals surface area contributed by atoms with Crippen LogP contribution in [-0.4, -0.2) is 0 Å². The van der Waals surface area contributed by atoms with Gasteiger partial charge in [0.15, 0.2) is 0 Å². The molecule has 0 unspecified atom stereocenters. The number of hydrogen-bond donors (Lipinski definition) is 1. The first-order valence-corrected chi connectivity index (χ1v) is 2.79. The van der Waals surface area contributed by atoms with E-state index in [9.17, 15) is 0 Å². The van der Waals surface area contributed by atoms with Crippen LogP contribution < -0.4 is 10.5 Å². The SMILES string of the molecule is [NH2+]=Nc1ccc(Cl)c[nH+]1. The molecule has 0 bridgehead atoms. The van der Waals surface area contributed by atoms with Crippen molar-refractivity contribution in [2.24, 2.45) is 5.11 Å². The highest BCUT2D eigenvalue weighted by molar-refractivity contribution is 6.30. The van der Waals surface area contributed by atoms with E-state index in [0.29, 0.717) is 10.8 Å². The van der Waals surface area contributed by atoms with Crippen LogP contribution in [0.2, 0.25) is 5.02 Å². The van der Waals surface area contributed by atoms with E-state index in [1.165, 1.54) is 0 Å². The van der Waals surface area contributed by atoms with E-state index in [4.69, 9.17) is 17.1 Å². The molecule has 46 valence electrons. The zero-order valence-electron chi connectivity index (χ0n) is 4.63. The Hall–Kier alpha value is -0.960. The minimum absolute atomic E-state index is 0.611. The Morgan fingerprint density at radius 3 is 2.78 bits per heavy atom. The number of aromatic nitrogens is 1. The molecule has 1 aromatic heterocycles. The van der Waals surface area contributed by atoms with Gasteiger partial charge in [-0.25, -0.2) is 4.98 Å². The number of pyridine rings is 1. The van der Waals surface area contributed by atoms with Crippen LogP contribution >= 0.6 is 11.6 Å². The second kappa shape index (κ2) is 2.55. The fraction of sp³-hybridized carbons (Fsp3) is 0. The predicted molar refractivity (Wildman–Crippen MR) is 32.0 cm³/mol. The molecule has 0 aliphatic heterocycles. The van der Waals surface area contributed by atoms with Gasteiger partial charge >= 0.3 is 5.82 Å². The predicted octanol–water partition coefficient (Wildman–Crippen LogP) is -0.00310. The standard InChI is InChI=1S/C5H4ClN3/c6-4-1-2-5(9-7)8-3-4/h1-3,7H/p+2. The minimum atomic E-state index is 0.611.